The molecule has 0 N–H and O–H groups in total. The van der Waals surface area contributed by atoms with Gasteiger partial charge in [0.1, 0.15) is 11.9 Å². The van der Waals surface area contributed by atoms with E-state index in [1.54, 1.807) is 30.3 Å². The van der Waals surface area contributed by atoms with Gasteiger partial charge in [0.15, 0.2) is 5.78 Å². The smallest absolute Gasteiger partial charge is 0.409 e. The van der Waals surface area contributed by atoms with Crippen molar-refractivity contribution in [3.8, 4) is 0 Å². The predicted octanol–water partition coefficient (Wildman–Crippen LogP) is 4.06. The average molecular weight is 341 g/mol. The molecular weight excluding hydrogens is 331 g/mol. The van der Waals surface area contributed by atoms with Crippen molar-refractivity contribution in [2.75, 3.05) is 0 Å². The minimum Gasteiger partial charge on any atom is -0.445 e. The highest BCUT2D eigenvalue weighted by Gasteiger charge is 2.31. The van der Waals surface area contributed by atoms with E-state index in [1.807, 2.05) is 0 Å². The Kier molecular flexibility index (Phi) is 5.35. The number of carbonyl (C=O) groups is 3. The highest BCUT2D eigenvalue weighted by atomic mass is 35.5. The molecule has 22 heavy (non-hydrogen) atoms. The second kappa shape index (κ2) is 7.24. The molecule has 0 bridgehead atoms. The fraction of sp³-hybridized carbons (Fsp3) is 0.133. The van der Waals surface area contributed by atoms with Crippen molar-refractivity contribution in [2.45, 2.75) is 6.10 Å². The van der Waals surface area contributed by atoms with E-state index < -0.39 is 22.9 Å². The summed E-state index contributed by atoms with van der Waals surface area (Å²) in [6.07, 6.45) is 3.18. The highest BCUT2D eigenvalue weighted by Crippen LogP contribution is 2.25. The number of ether oxygens (including phenoxy) is 2. The Bertz CT molecular complexity index is 651. The molecule has 0 radical (unpaired) electrons. The van der Waals surface area contributed by atoms with Gasteiger partial charge in [-0.15, -0.1) is 0 Å². The molecule has 2 rings (SSSR count). The van der Waals surface area contributed by atoms with Crippen molar-refractivity contribution in [2.24, 2.45) is 5.92 Å². The molecule has 2 atom stereocenters. The predicted molar refractivity (Wildman–Crippen MR) is 79.9 cm³/mol. The first-order chi connectivity index (χ1) is 10.5. The summed E-state index contributed by atoms with van der Waals surface area (Å²) in [6, 6.07) is 8.51. The van der Waals surface area contributed by atoms with E-state index in [9.17, 15) is 14.4 Å². The Morgan fingerprint density at radius 2 is 1.68 bits per heavy atom. The lowest BCUT2D eigenvalue weighted by Gasteiger charge is -2.23. The zero-order chi connectivity index (χ0) is 16.1. The van der Waals surface area contributed by atoms with Crippen molar-refractivity contribution in [3.05, 3.63) is 59.9 Å². The van der Waals surface area contributed by atoms with Crippen molar-refractivity contribution >= 4 is 39.8 Å². The molecule has 114 valence electrons. The van der Waals surface area contributed by atoms with Crippen LogP contribution in [-0.4, -0.2) is 22.7 Å². The molecular formula is C15H10Cl2O5. The van der Waals surface area contributed by atoms with Gasteiger partial charge >= 0.3 is 10.9 Å². The van der Waals surface area contributed by atoms with Gasteiger partial charge in [-0.1, -0.05) is 36.4 Å². The van der Waals surface area contributed by atoms with Gasteiger partial charge in [-0.3, -0.25) is 4.79 Å². The number of allylic oxidation sites excluding steroid dienone is 1. The summed E-state index contributed by atoms with van der Waals surface area (Å²) in [6.45, 7) is 0. The summed E-state index contributed by atoms with van der Waals surface area (Å²) in [5.41, 5.74) is -1.65. The SMILES string of the molecule is O=C(Cl)OC1=CC(OC(=O)Cl)C(C(=O)c2ccccc2)C=C1. The van der Waals surface area contributed by atoms with Gasteiger partial charge in [0.25, 0.3) is 0 Å². The minimum absolute atomic E-state index is 0.0695. The number of benzene rings is 1. The Labute approximate surface area is 136 Å². The van der Waals surface area contributed by atoms with Crippen LogP contribution in [0.25, 0.3) is 0 Å². The summed E-state index contributed by atoms with van der Waals surface area (Å²) < 4.78 is 9.59. The van der Waals surface area contributed by atoms with Gasteiger partial charge in [0.05, 0.1) is 5.92 Å². The monoisotopic (exact) mass is 340 g/mol. The zero-order valence-electron chi connectivity index (χ0n) is 11.1. The first-order valence-corrected chi connectivity index (χ1v) is 6.95. The van der Waals surface area contributed by atoms with Crippen LogP contribution in [0.15, 0.2) is 54.3 Å². The number of Topliss-reactive ketones (excluding diaryl/α,β-unsaturated/α-hetero) is 1. The van der Waals surface area contributed by atoms with E-state index in [-0.39, 0.29) is 11.5 Å². The lowest BCUT2D eigenvalue weighted by atomic mass is 9.89. The molecule has 1 aromatic carbocycles. The number of hydrogen-bond acceptors (Lipinski definition) is 5. The van der Waals surface area contributed by atoms with Gasteiger partial charge in [-0.05, 0) is 6.08 Å². The standard InChI is InChI=1S/C15H10Cl2O5/c16-14(19)21-10-6-7-11(12(8-10)22-15(17)20)13(18)9-4-2-1-3-5-9/h1-8,11-12H. The Balaban J connectivity index is 2.25. The molecule has 0 aliphatic heterocycles. The molecule has 0 fully saturated rings. The summed E-state index contributed by atoms with van der Waals surface area (Å²) in [5.74, 6) is -0.963. The normalized spacial score (nSPS) is 20.0. The van der Waals surface area contributed by atoms with Crippen LogP contribution in [0, 0.1) is 5.92 Å². The minimum atomic E-state index is -1.07. The third-order valence-corrected chi connectivity index (χ3v) is 3.10. The Morgan fingerprint density at radius 1 is 1.00 bits per heavy atom. The average Bonchev–Trinajstić information content (AvgIpc) is 2.46. The van der Waals surface area contributed by atoms with E-state index in [1.165, 1.54) is 18.2 Å². The van der Waals surface area contributed by atoms with Crippen LogP contribution in [0.2, 0.25) is 0 Å². The number of carbonyl (C=O) groups excluding carboxylic acids is 3. The van der Waals surface area contributed by atoms with E-state index in [0.717, 1.165) is 0 Å². The summed E-state index contributed by atoms with van der Waals surface area (Å²) in [4.78, 5) is 34.2. The maximum absolute atomic E-state index is 12.5. The van der Waals surface area contributed by atoms with Crippen LogP contribution in [0.4, 0.5) is 9.59 Å². The third kappa shape index (κ3) is 4.19. The van der Waals surface area contributed by atoms with Crippen LogP contribution in [0.5, 0.6) is 0 Å². The molecule has 0 spiro atoms. The molecule has 1 aliphatic rings. The van der Waals surface area contributed by atoms with E-state index in [0.29, 0.717) is 5.56 Å². The lowest BCUT2D eigenvalue weighted by Crippen LogP contribution is -2.31. The summed E-state index contributed by atoms with van der Waals surface area (Å²) in [5, 5.41) is 0. The van der Waals surface area contributed by atoms with Gasteiger partial charge in [-0.25, -0.2) is 9.59 Å². The van der Waals surface area contributed by atoms with Crippen LogP contribution >= 0.6 is 23.2 Å². The van der Waals surface area contributed by atoms with Crippen LogP contribution < -0.4 is 0 Å². The largest absolute Gasteiger partial charge is 0.445 e. The van der Waals surface area contributed by atoms with Gasteiger partial charge in [0, 0.05) is 34.8 Å². The van der Waals surface area contributed by atoms with Gasteiger partial charge < -0.3 is 9.47 Å². The zero-order valence-corrected chi connectivity index (χ0v) is 12.6. The number of ketones is 1. The number of hydrogen-bond donors (Lipinski definition) is 0. The summed E-state index contributed by atoms with van der Waals surface area (Å²) >= 11 is 10.3. The quantitative estimate of drug-likeness (QED) is 0.610. The highest BCUT2D eigenvalue weighted by molar-refractivity contribution is 6.61. The van der Waals surface area contributed by atoms with Crippen molar-refractivity contribution < 1.29 is 23.9 Å². The first kappa shape index (κ1) is 16.3. The molecule has 0 heterocycles. The van der Waals surface area contributed by atoms with Crippen LogP contribution in [0.3, 0.4) is 0 Å². The fourth-order valence-electron chi connectivity index (χ4n) is 2.04. The molecule has 0 saturated heterocycles. The maximum atomic E-state index is 12.5. The van der Waals surface area contributed by atoms with Gasteiger partial charge in [-0.2, -0.15) is 0 Å². The second-order valence-corrected chi connectivity index (χ2v) is 4.96. The Hall–Kier alpha value is -2.11. The molecule has 0 amide bonds. The number of halogens is 2. The summed E-state index contributed by atoms with van der Waals surface area (Å²) in [7, 11) is 0. The van der Waals surface area contributed by atoms with E-state index >= 15 is 0 Å². The lowest BCUT2D eigenvalue weighted by molar-refractivity contribution is 0.0791. The molecule has 1 aliphatic carbocycles. The second-order valence-electron chi connectivity index (χ2n) is 4.34. The topological polar surface area (TPSA) is 69.7 Å². The fourth-order valence-corrected chi connectivity index (χ4v) is 2.23. The third-order valence-electron chi connectivity index (χ3n) is 2.94. The van der Waals surface area contributed by atoms with Crippen molar-refractivity contribution in [1.82, 2.24) is 0 Å². The van der Waals surface area contributed by atoms with E-state index in [4.69, 9.17) is 32.7 Å². The molecule has 7 heteroatoms. The van der Waals surface area contributed by atoms with Crippen LogP contribution in [0.1, 0.15) is 10.4 Å². The van der Waals surface area contributed by atoms with E-state index in [2.05, 4.69) is 0 Å². The maximum Gasteiger partial charge on any atom is 0.409 e. The number of rotatable bonds is 4. The molecule has 5 nitrogen and oxygen atoms in total. The molecule has 0 saturated carbocycles. The first-order valence-electron chi connectivity index (χ1n) is 6.20. The van der Waals surface area contributed by atoms with Crippen molar-refractivity contribution in [1.29, 1.82) is 0 Å². The van der Waals surface area contributed by atoms with Crippen molar-refractivity contribution in [3.63, 3.8) is 0 Å². The molecule has 0 aromatic heterocycles. The van der Waals surface area contributed by atoms with Gasteiger partial charge in [0.2, 0.25) is 0 Å². The molecule has 1 aromatic rings. The van der Waals surface area contributed by atoms with Crippen LogP contribution in [-0.2, 0) is 9.47 Å². The Morgan fingerprint density at radius 3 is 2.27 bits per heavy atom. The molecule has 2 unspecified atom stereocenters.